The number of aliphatic imine (C=N–C) groups is 1. The minimum Gasteiger partial charge on any atom is -0.293 e. The zero-order valence-electron chi connectivity index (χ0n) is 9.94. The lowest BCUT2D eigenvalue weighted by Crippen LogP contribution is -2.06. The Morgan fingerprint density at radius 2 is 1.81 bits per heavy atom. The lowest BCUT2D eigenvalue weighted by atomic mass is 9.87. The van der Waals surface area contributed by atoms with E-state index in [0.29, 0.717) is 0 Å². The highest BCUT2D eigenvalue weighted by molar-refractivity contribution is 5.57. The van der Waals surface area contributed by atoms with Crippen molar-refractivity contribution in [1.82, 2.24) is 0 Å². The fourth-order valence-corrected chi connectivity index (χ4v) is 2.40. The third-order valence-corrected chi connectivity index (χ3v) is 3.41. The van der Waals surface area contributed by atoms with E-state index in [-0.39, 0.29) is 0 Å². The molecule has 0 unspecified atom stereocenters. The van der Waals surface area contributed by atoms with E-state index in [0.717, 1.165) is 12.5 Å². The quantitative estimate of drug-likeness (QED) is 0.667. The van der Waals surface area contributed by atoms with E-state index in [1.165, 1.54) is 44.1 Å². The fraction of sp³-hybridized carbons (Fsp3) is 0.533. The predicted octanol–water partition coefficient (Wildman–Crippen LogP) is 4.23. The average Bonchev–Trinajstić information content (AvgIpc) is 2.37. The highest BCUT2D eigenvalue weighted by atomic mass is 14.7. The van der Waals surface area contributed by atoms with Gasteiger partial charge in [0.15, 0.2) is 0 Å². The Bertz CT molecular complexity index is 309. The monoisotopic (exact) mass is 215 g/mol. The molecule has 0 aromatic heterocycles. The van der Waals surface area contributed by atoms with Crippen LogP contribution in [0.1, 0.15) is 44.1 Å². The van der Waals surface area contributed by atoms with Crippen LogP contribution in [0.4, 0.5) is 0 Å². The van der Waals surface area contributed by atoms with Crippen LogP contribution >= 0.6 is 0 Å². The molecule has 16 heavy (non-hydrogen) atoms. The molecule has 1 aromatic rings. The molecular formula is C15H21N. The molecule has 1 aromatic carbocycles. The molecular weight excluding hydrogens is 194 g/mol. The summed E-state index contributed by atoms with van der Waals surface area (Å²) in [5.74, 6) is 0.910. The van der Waals surface area contributed by atoms with Crippen LogP contribution in [0, 0.1) is 5.92 Å². The Labute approximate surface area is 98.6 Å². The summed E-state index contributed by atoms with van der Waals surface area (Å²) in [6, 6.07) is 10.5. The van der Waals surface area contributed by atoms with E-state index in [2.05, 4.69) is 41.5 Å². The molecule has 86 valence electrons. The lowest BCUT2D eigenvalue weighted by molar-refractivity contribution is 0.370. The van der Waals surface area contributed by atoms with Gasteiger partial charge in [-0.1, -0.05) is 62.4 Å². The molecule has 1 nitrogen and oxygen atoms in total. The van der Waals surface area contributed by atoms with E-state index < -0.39 is 0 Å². The van der Waals surface area contributed by atoms with Crippen LogP contribution in [0.2, 0.25) is 0 Å². The summed E-state index contributed by atoms with van der Waals surface area (Å²) in [7, 11) is 0. The van der Waals surface area contributed by atoms with Gasteiger partial charge in [-0.25, -0.2) is 0 Å². The van der Waals surface area contributed by atoms with E-state index in [4.69, 9.17) is 0 Å². The van der Waals surface area contributed by atoms with Gasteiger partial charge >= 0.3 is 0 Å². The van der Waals surface area contributed by atoms with Crippen molar-refractivity contribution in [3.05, 3.63) is 35.9 Å². The Hall–Kier alpha value is -1.11. The first kappa shape index (κ1) is 11.4. The molecule has 2 rings (SSSR count). The second kappa shape index (κ2) is 6.47. The molecule has 0 saturated heterocycles. The highest BCUT2D eigenvalue weighted by Gasteiger charge is 2.11. The summed E-state index contributed by atoms with van der Waals surface area (Å²) in [6.07, 6.45) is 10.5. The second-order valence-electron chi connectivity index (χ2n) is 4.75. The summed E-state index contributed by atoms with van der Waals surface area (Å²) < 4.78 is 0. The van der Waals surface area contributed by atoms with Crippen molar-refractivity contribution in [2.75, 3.05) is 0 Å². The molecule has 0 aliphatic heterocycles. The van der Waals surface area contributed by atoms with Crippen molar-refractivity contribution in [2.45, 2.75) is 45.1 Å². The minimum absolute atomic E-state index is 0.841. The first-order chi connectivity index (χ1) is 7.95. The maximum absolute atomic E-state index is 4.51. The van der Waals surface area contributed by atoms with E-state index in [1.54, 1.807) is 0 Å². The summed E-state index contributed by atoms with van der Waals surface area (Å²) in [5, 5.41) is 0. The Morgan fingerprint density at radius 3 is 2.56 bits per heavy atom. The zero-order valence-corrected chi connectivity index (χ0v) is 9.94. The summed E-state index contributed by atoms with van der Waals surface area (Å²) in [4.78, 5) is 4.51. The van der Waals surface area contributed by atoms with E-state index >= 15 is 0 Å². The number of hydrogen-bond acceptors (Lipinski definition) is 1. The van der Waals surface area contributed by atoms with E-state index in [9.17, 15) is 0 Å². The van der Waals surface area contributed by atoms with Crippen molar-refractivity contribution in [1.29, 1.82) is 0 Å². The Morgan fingerprint density at radius 1 is 1.06 bits per heavy atom. The minimum atomic E-state index is 0.841. The number of rotatable bonds is 4. The van der Waals surface area contributed by atoms with Gasteiger partial charge in [-0.05, 0) is 24.1 Å². The summed E-state index contributed by atoms with van der Waals surface area (Å²) >= 11 is 0. The van der Waals surface area contributed by atoms with Crippen LogP contribution in [0.3, 0.4) is 0 Å². The van der Waals surface area contributed by atoms with Crippen LogP contribution in [0.5, 0.6) is 0 Å². The van der Waals surface area contributed by atoms with Crippen LogP contribution in [0.25, 0.3) is 0 Å². The molecule has 0 N–H and O–H groups in total. The van der Waals surface area contributed by atoms with Gasteiger partial charge in [-0.2, -0.15) is 0 Å². The van der Waals surface area contributed by atoms with Gasteiger partial charge in [0.2, 0.25) is 0 Å². The first-order valence-corrected chi connectivity index (χ1v) is 6.47. The van der Waals surface area contributed by atoms with Gasteiger partial charge in [-0.15, -0.1) is 0 Å². The topological polar surface area (TPSA) is 12.4 Å². The zero-order chi connectivity index (χ0) is 11.1. The van der Waals surface area contributed by atoms with Gasteiger partial charge in [0.05, 0.1) is 6.54 Å². The van der Waals surface area contributed by atoms with Crippen molar-refractivity contribution in [3.8, 4) is 0 Å². The lowest BCUT2D eigenvalue weighted by Gasteiger charge is -2.19. The molecule has 1 aliphatic rings. The molecule has 1 aliphatic carbocycles. The standard InChI is InChI=1S/C15H21N/c1-3-7-14(8-4-1)11-12-16-13-15-9-5-2-6-10-15/h2,5-6,9-10,12,14H,1,3-4,7-8,11,13H2. The fourth-order valence-electron chi connectivity index (χ4n) is 2.40. The maximum Gasteiger partial charge on any atom is 0.0635 e. The number of hydrogen-bond donors (Lipinski definition) is 0. The van der Waals surface area contributed by atoms with Gasteiger partial charge in [0.1, 0.15) is 0 Å². The summed E-state index contributed by atoms with van der Waals surface area (Å²) in [6.45, 7) is 0.841. The molecule has 1 saturated carbocycles. The first-order valence-electron chi connectivity index (χ1n) is 6.47. The number of benzene rings is 1. The second-order valence-corrected chi connectivity index (χ2v) is 4.75. The highest BCUT2D eigenvalue weighted by Crippen LogP contribution is 2.25. The molecule has 0 amide bonds. The van der Waals surface area contributed by atoms with E-state index in [1.807, 2.05) is 0 Å². The van der Waals surface area contributed by atoms with Crippen LogP contribution in [-0.2, 0) is 6.54 Å². The van der Waals surface area contributed by atoms with Gasteiger partial charge in [-0.3, -0.25) is 4.99 Å². The van der Waals surface area contributed by atoms with Crippen molar-refractivity contribution in [2.24, 2.45) is 10.9 Å². The molecule has 0 heterocycles. The predicted molar refractivity (Wildman–Crippen MR) is 69.8 cm³/mol. The third-order valence-electron chi connectivity index (χ3n) is 3.41. The van der Waals surface area contributed by atoms with Crippen molar-refractivity contribution < 1.29 is 0 Å². The van der Waals surface area contributed by atoms with Crippen LogP contribution in [0.15, 0.2) is 35.3 Å². The van der Waals surface area contributed by atoms with Crippen LogP contribution < -0.4 is 0 Å². The van der Waals surface area contributed by atoms with Gasteiger partial charge in [0, 0.05) is 0 Å². The summed E-state index contributed by atoms with van der Waals surface area (Å²) in [5.41, 5.74) is 1.31. The smallest absolute Gasteiger partial charge is 0.0635 e. The molecule has 0 radical (unpaired) electrons. The Kier molecular flexibility index (Phi) is 4.60. The normalized spacial score (nSPS) is 18.0. The molecule has 0 spiro atoms. The van der Waals surface area contributed by atoms with Crippen LogP contribution in [-0.4, -0.2) is 6.21 Å². The largest absolute Gasteiger partial charge is 0.293 e. The molecule has 1 fully saturated rings. The van der Waals surface area contributed by atoms with Crippen molar-refractivity contribution >= 4 is 6.21 Å². The SMILES string of the molecule is C(CC1CCCCC1)=NCc1ccccc1. The molecule has 0 bridgehead atoms. The molecule has 1 heteroatoms. The number of nitrogens with zero attached hydrogens (tertiary/aromatic N) is 1. The van der Waals surface area contributed by atoms with Gasteiger partial charge in [0.25, 0.3) is 0 Å². The van der Waals surface area contributed by atoms with Crippen molar-refractivity contribution in [3.63, 3.8) is 0 Å². The maximum atomic E-state index is 4.51. The molecule has 0 atom stereocenters. The third kappa shape index (κ3) is 3.80. The Balaban J connectivity index is 1.69. The van der Waals surface area contributed by atoms with Gasteiger partial charge < -0.3 is 0 Å². The average molecular weight is 215 g/mol.